The van der Waals surface area contributed by atoms with Gasteiger partial charge in [-0.3, -0.25) is 4.90 Å². The molecule has 4 aromatic rings. The van der Waals surface area contributed by atoms with E-state index in [2.05, 4.69) is 62.3 Å². The number of aromatic nitrogens is 4. The maximum absolute atomic E-state index is 4.92. The minimum Gasteiger partial charge on any atom is -0.338 e. The quantitative estimate of drug-likeness (QED) is 0.564. The largest absolute Gasteiger partial charge is 0.338 e. The molecule has 0 saturated carbocycles. The normalized spacial score (nSPS) is 15.7. The highest BCUT2D eigenvalue weighted by Crippen LogP contribution is 2.23. The highest BCUT2D eigenvalue weighted by molar-refractivity contribution is 5.92. The van der Waals surface area contributed by atoms with E-state index < -0.39 is 0 Å². The minimum absolute atomic E-state index is 0.775. The van der Waals surface area contributed by atoms with Gasteiger partial charge in [0, 0.05) is 38.1 Å². The van der Waals surface area contributed by atoms with Crippen molar-refractivity contribution in [1.82, 2.24) is 24.5 Å². The molecule has 27 heavy (non-hydrogen) atoms. The maximum atomic E-state index is 4.92. The third kappa shape index (κ3) is 3.02. The highest BCUT2D eigenvalue weighted by Gasteiger charge is 2.22. The summed E-state index contributed by atoms with van der Waals surface area (Å²) in [6, 6.07) is 18.8. The monoisotopic (exact) mass is 358 g/mol. The Morgan fingerprint density at radius 2 is 1.59 bits per heavy atom. The summed E-state index contributed by atoms with van der Waals surface area (Å²) in [6.45, 7) is 6.83. The molecule has 136 valence electrons. The number of fused-ring (bicyclic) bond motifs is 3. The van der Waals surface area contributed by atoms with Crippen molar-refractivity contribution in [2.75, 3.05) is 31.1 Å². The summed E-state index contributed by atoms with van der Waals surface area (Å²) >= 11 is 0. The Balaban J connectivity index is 1.42. The molecule has 1 saturated heterocycles. The molecule has 6 nitrogen and oxygen atoms in total. The lowest BCUT2D eigenvalue weighted by Gasteiger charge is -2.35. The molecule has 0 atom stereocenters. The Morgan fingerprint density at radius 1 is 0.852 bits per heavy atom. The minimum atomic E-state index is 0.775. The zero-order chi connectivity index (χ0) is 18.2. The Hall–Kier alpha value is -2.99. The first kappa shape index (κ1) is 16.2. The van der Waals surface area contributed by atoms with Crippen LogP contribution < -0.4 is 4.90 Å². The first-order valence-corrected chi connectivity index (χ1v) is 9.41. The van der Waals surface area contributed by atoms with Crippen LogP contribution in [-0.4, -0.2) is 50.7 Å². The summed E-state index contributed by atoms with van der Waals surface area (Å²) in [6.07, 6.45) is 0. The average molecular weight is 358 g/mol. The van der Waals surface area contributed by atoms with Gasteiger partial charge in [0.05, 0.1) is 5.52 Å². The van der Waals surface area contributed by atoms with E-state index in [1.54, 1.807) is 0 Å². The van der Waals surface area contributed by atoms with Gasteiger partial charge in [0.15, 0.2) is 5.65 Å². The Morgan fingerprint density at radius 3 is 2.41 bits per heavy atom. The zero-order valence-corrected chi connectivity index (χ0v) is 15.4. The van der Waals surface area contributed by atoms with Crippen molar-refractivity contribution in [3.05, 3.63) is 66.0 Å². The molecule has 0 amide bonds. The van der Waals surface area contributed by atoms with Crippen molar-refractivity contribution in [2.24, 2.45) is 0 Å². The number of hydrogen-bond acceptors (Lipinski definition) is 5. The van der Waals surface area contributed by atoms with Gasteiger partial charge in [0.1, 0.15) is 5.82 Å². The molecule has 0 spiro atoms. The molecule has 6 heteroatoms. The van der Waals surface area contributed by atoms with E-state index in [1.807, 2.05) is 23.6 Å². The van der Waals surface area contributed by atoms with E-state index in [1.165, 1.54) is 5.56 Å². The van der Waals surface area contributed by atoms with Crippen LogP contribution in [0.5, 0.6) is 0 Å². The van der Waals surface area contributed by atoms with Gasteiger partial charge in [-0.2, -0.15) is 4.52 Å². The standard InChI is InChI=1S/C21H22N6/c1-16-22-20-18-9-5-6-10-19(18)23-21(27(20)24-16)26-13-11-25(12-14-26)15-17-7-3-2-4-8-17/h2-10H,11-15H2,1H3. The van der Waals surface area contributed by atoms with Crippen LogP contribution in [0.25, 0.3) is 16.6 Å². The first-order chi connectivity index (χ1) is 13.3. The second-order valence-electron chi connectivity index (χ2n) is 7.07. The molecule has 2 aromatic carbocycles. The molecule has 3 heterocycles. The predicted octanol–water partition coefficient (Wildman–Crippen LogP) is 2.91. The van der Waals surface area contributed by atoms with Gasteiger partial charge in [-0.15, -0.1) is 5.10 Å². The van der Waals surface area contributed by atoms with Crippen molar-refractivity contribution in [2.45, 2.75) is 13.5 Å². The second kappa shape index (κ2) is 6.63. The van der Waals surface area contributed by atoms with Crippen molar-refractivity contribution in [1.29, 1.82) is 0 Å². The summed E-state index contributed by atoms with van der Waals surface area (Å²) in [5, 5.41) is 5.66. The molecule has 0 bridgehead atoms. The number of para-hydroxylation sites is 1. The number of anilines is 1. The van der Waals surface area contributed by atoms with Gasteiger partial charge in [-0.05, 0) is 24.6 Å². The van der Waals surface area contributed by atoms with Crippen LogP contribution >= 0.6 is 0 Å². The van der Waals surface area contributed by atoms with Crippen LogP contribution in [0.3, 0.4) is 0 Å². The lowest BCUT2D eigenvalue weighted by atomic mass is 10.2. The summed E-state index contributed by atoms with van der Waals surface area (Å²) in [4.78, 5) is 14.4. The first-order valence-electron chi connectivity index (χ1n) is 9.41. The van der Waals surface area contributed by atoms with Gasteiger partial charge < -0.3 is 4.90 Å². The average Bonchev–Trinajstić information content (AvgIpc) is 3.10. The van der Waals surface area contributed by atoms with Crippen molar-refractivity contribution < 1.29 is 0 Å². The van der Waals surface area contributed by atoms with Crippen molar-refractivity contribution in [3.8, 4) is 0 Å². The molecular formula is C21H22N6. The van der Waals surface area contributed by atoms with Gasteiger partial charge in [-0.1, -0.05) is 42.5 Å². The van der Waals surface area contributed by atoms with Crippen LogP contribution in [0.4, 0.5) is 5.95 Å². The van der Waals surface area contributed by atoms with Gasteiger partial charge in [-0.25, -0.2) is 9.97 Å². The van der Waals surface area contributed by atoms with Gasteiger partial charge >= 0.3 is 0 Å². The van der Waals surface area contributed by atoms with Crippen molar-refractivity contribution >= 4 is 22.5 Å². The molecule has 0 unspecified atom stereocenters. The second-order valence-corrected chi connectivity index (χ2v) is 7.07. The molecule has 0 radical (unpaired) electrons. The van der Waals surface area contributed by atoms with Crippen LogP contribution in [-0.2, 0) is 6.54 Å². The molecule has 1 aliphatic rings. The number of nitrogens with zero attached hydrogens (tertiary/aromatic N) is 6. The molecule has 0 aliphatic carbocycles. The Labute approximate surface area is 158 Å². The molecule has 1 aliphatic heterocycles. The summed E-state index contributed by atoms with van der Waals surface area (Å²) in [5.41, 5.74) is 3.23. The Kier molecular flexibility index (Phi) is 3.98. The number of rotatable bonds is 3. The summed E-state index contributed by atoms with van der Waals surface area (Å²) < 4.78 is 1.91. The van der Waals surface area contributed by atoms with Gasteiger partial charge in [0.25, 0.3) is 0 Å². The topological polar surface area (TPSA) is 49.6 Å². The number of aryl methyl sites for hydroxylation is 1. The third-order valence-corrected chi connectivity index (χ3v) is 5.17. The van der Waals surface area contributed by atoms with E-state index in [9.17, 15) is 0 Å². The fourth-order valence-corrected chi connectivity index (χ4v) is 3.80. The highest BCUT2D eigenvalue weighted by atomic mass is 15.4. The Bertz CT molecular complexity index is 1080. The fraction of sp³-hybridized carbons (Fsp3) is 0.286. The number of piperazine rings is 1. The van der Waals surface area contributed by atoms with E-state index >= 15 is 0 Å². The fourth-order valence-electron chi connectivity index (χ4n) is 3.80. The molecule has 0 N–H and O–H groups in total. The van der Waals surface area contributed by atoms with Crippen molar-refractivity contribution in [3.63, 3.8) is 0 Å². The predicted molar refractivity (Wildman–Crippen MR) is 107 cm³/mol. The summed E-state index contributed by atoms with van der Waals surface area (Å²) in [5.74, 6) is 1.67. The zero-order valence-electron chi connectivity index (χ0n) is 15.4. The van der Waals surface area contributed by atoms with Crippen LogP contribution in [0.2, 0.25) is 0 Å². The number of hydrogen-bond donors (Lipinski definition) is 0. The molecule has 1 fully saturated rings. The smallest absolute Gasteiger partial charge is 0.229 e. The van der Waals surface area contributed by atoms with E-state index in [-0.39, 0.29) is 0 Å². The molecule has 2 aromatic heterocycles. The summed E-state index contributed by atoms with van der Waals surface area (Å²) in [7, 11) is 0. The van der Waals surface area contributed by atoms with E-state index in [0.717, 1.165) is 61.0 Å². The number of benzene rings is 2. The van der Waals surface area contributed by atoms with Crippen LogP contribution in [0.15, 0.2) is 54.6 Å². The van der Waals surface area contributed by atoms with Crippen LogP contribution in [0, 0.1) is 6.92 Å². The van der Waals surface area contributed by atoms with Gasteiger partial charge in [0.2, 0.25) is 5.95 Å². The van der Waals surface area contributed by atoms with E-state index in [4.69, 9.17) is 4.98 Å². The third-order valence-electron chi connectivity index (χ3n) is 5.17. The SMILES string of the molecule is Cc1nc2c3ccccc3nc(N3CCN(Cc4ccccc4)CC3)n2n1. The van der Waals surface area contributed by atoms with Crippen LogP contribution in [0.1, 0.15) is 11.4 Å². The molecular weight excluding hydrogens is 336 g/mol. The lowest BCUT2D eigenvalue weighted by Crippen LogP contribution is -2.46. The maximum Gasteiger partial charge on any atom is 0.229 e. The lowest BCUT2D eigenvalue weighted by molar-refractivity contribution is 0.248. The van der Waals surface area contributed by atoms with E-state index in [0.29, 0.717) is 0 Å². The molecule has 5 rings (SSSR count).